The van der Waals surface area contributed by atoms with Crippen molar-refractivity contribution in [2.24, 2.45) is 0 Å². The van der Waals surface area contributed by atoms with Crippen molar-refractivity contribution in [1.82, 2.24) is 4.98 Å². The van der Waals surface area contributed by atoms with Crippen molar-refractivity contribution < 1.29 is 18.7 Å². The van der Waals surface area contributed by atoms with Crippen LogP contribution in [0.1, 0.15) is 24.4 Å². The maximum absolute atomic E-state index is 11.9. The second-order valence-corrected chi connectivity index (χ2v) is 2.37. The number of rotatable bonds is 3. The summed E-state index contributed by atoms with van der Waals surface area (Å²) in [6.45, 7) is 0.687. The van der Waals surface area contributed by atoms with Crippen molar-refractivity contribution in [3.8, 4) is 0 Å². The number of halogens is 1. The van der Waals surface area contributed by atoms with Crippen LogP contribution in [0.2, 0.25) is 0 Å². The Hall–Kier alpha value is -1.39. The Balaban J connectivity index is 2.81. The number of alkyl halides is 1. The van der Waals surface area contributed by atoms with E-state index in [0.717, 1.165) is 6.26 Å². The summed E-state index contributed by atoms with van der Waals surface area (Å²) in [7, 11) is 0. The van der Waals surface area contributed by atoms with Gasteiger partial charge in [0.05, 0.1) is 0 Å². The number of carboxylic acids is 1. The van der Waals surface area contributed by atoms with E-state index in [2.05, 4.69) is 4.98 Å². The minimum Gasteiger partial charge on any atom is -0.481 e. The summed E-state index contributed by atoms with van der Waals surface area (Å²) < 4.78 is 16.7. The van der Waals surface area contributed by atoms with Crippen molar-refractivity contribution >= 4 is 5.97 Å². The third-order valence-electron chi connectivity index (χ3n) is 1.45. The molecule has 0 saturated carbocycles. The number of carboxylic acid groups (broad SMARTS) is 1. The number of aromatic nitrogens is 1. The predicted molar refractivity (Wildman–Crippen MR) is 37.4 cm³/mol. The number of carbonyl (C=O) groups is 1. The van der Waals surface area contributed by atoms with Gasteiger partial charge in [-0.2, -0.15) is 0 Å². The third-order valence-corrected chi connectivity index (χ3v) is 1.45. The molecule has 0 amide bonds. The fourth-order valence-corrected chi connectivity index (χ4v) is 0.689. The van der Waals surface area contributed by atoms with Crippen LogP contribution < -0.4 is 0 Å². The van der Waals surface area contributed by atoms with Crippen molar-refractivity contribution in [2.75, 3.05) is 0 Å². The van der Waals surface area contributed by atoms with Crippen molar-refractivity contribution in [3.05, 3.63) is 17.8 Å². The summed E-state index contributed by atoms with van der Waals surface area (Å²) in [5.74, 6) is -1.83. The zero-order valence-corrected chi connectivity index (χ0v) is 6.45. The molecule has 1 atom stereocenters. The molecule has 1 N–H and O–H groups in total. The van der Waals surface area contributed by atoms with Crippen LogP contribution in [0.25, 0.3) is 0 Å². The second-order valence-electron chi connectivity index (χ2n) is 2.37. The highest BCUT2D eigenvalue weighted by molar-refractivity contribution is 5.73. The first-order valence-electron chi connectivity index (χ1n) is 3.38. The molecule has 0 aromatic carbocycles. The molecule has 66 valence electrons. The van der Waals surface area contributed by atoms with Gasteiger partial charge in [0.25, 0.3) is 0 Å². The van der Waals surface area contributed by atoms with Gasteiger partial charge >= 0.3 is 5.97 Å². The van der Waals surface area contributed by atoms with Gasteiger partial charge in [-0.1, -0.05) is 0 Å². The first-order chi connectivity index (χ1) is 5.65. The zero-order valence-electron chi connectivity index (χ0n) is 6.45. The molecule has 0 saturated heterocycles. The standard InChI is InChI=1S/C7H8FNO3/c1-4(7(10)11)6-9-5(2-8)3-12-6/h3-4H,2H2,1H3,(H,10,11). The Kier molecular flexibility index (Phi) is 2.42. The fourth-order valence-electron chi connectivity index (χ4n) is 0.689. The Labute approximate surface area is 68.0 Å². The average molecular weight is 173 g/mol. The van der Waals surface area contributed by atoms with Crippen LogP contribution in [0.4, 0.5) is 4.39 Å². The van der Waals surface area contributed by atoms with Crippen LogP contribution >= 0.6 is 0 Å². The van der Waals surface area contributed by atoms with Crippen LogP contribution in [0, 0.1) is 0 Å². The van der Waals surface area contributed by atoms with Crippen molar-refractivity contribution in [1.29, 1.82) is 0 Å². The molecule has 1 unspecified atom stereocenters. The minimum absolute atomic E-state index is 0.0372. The third kappa shape index (κ3) is 1.61. The summed E-state index contributed by atoms with van der Waals surface area (Å²) in [5.41, 5.74) is 0.123. The normalized spacial score (nSPS) is 12.8. The van der Waals surface area contributed by atoms with E-state index < -0.39 is 18.6 Å². The average Bonchev–Trinajstić information content (AvgIpc) is 2.50. The summed E-state index contributed by atoms with van der Waals surface area (Å²) in [6.07, 6.45) is 1.12. The Bertz CT molecular complexity index is 284. The number of oxazole rings is 1. The summed E-state index contributed by atoms with van der Waals surface area (Å²) >= 11 is 0. The predicted octanol–water partition coefficient (Wildman–Crippen LogP) is 1.33. The first-order valence-corrected chi connectivity index (χ1v) is 3.38. The number of aliphatic carboxylic acids is 1. The molecular formula is C7H8FNO3. The van der Waals surface area contributed by atoms with Gasteiger partial charge in [0.1, 0.15) is 24.5 Å². The fraction of sp³-hybridized carbons (Fsp3) is 0.429. The molecule has 0 aliphatic rings. The molecule has 12 heavy (non-hydrogen) atoms. The smallest absolute Gasteiger partial charge is 0.315 e. The molecule has 0 fully saturated rings. The van der Waals surface area contributed by atoms with Crippen LogP contribution in [-0.4, -0.2) is 16.1 Å². The second kappa shape index (κ2) is 3.34. The van der Waals surface area contributed by atoms with Gasteiger partial charge in [0.2, 0.25) is 5.89 Å². The highest BCUT2D eigenvalue weighted by Crippen LogP contribution is 2.14. The molecule has 1 aromatic rings. The Morgan fingerprint density at radius 3 is 3.00 bits per heavy atom. The van der Waals surface area contributed by atoms with E-state index in [-0.39, 0.29) is 11.6 Å². The van der Waals surface area contributed by atoms with Gasteiger partial charge in [-0.25, -0.2) is 9.37 Å². The van der Waals surface area contributed by atoms with Crippen LogP contribution in [0.3, 0.4) is 0 Å². The molecule has 0 radical (unpaired) electrons. The lowest BCUT2D eigenvalue weighted by Crippen LogP contribution is -2.07. The monoisotopic (exact) mass is 173 g/mol. The molecule has 0 bridgehead atoms. The van der Waals surface area contributed by atoms with E-state index in [0.29, 0.717) is 0 Å². The Morgan fingerprint density at radius 2 is 2.58 bits per heavy atom. The molecule has 5 heteroatoms. The molecule has 4 nitrogen and oxygen atoms in total. The SMILES string of the molecule is CC(C(=O)O)c1nc(CF)co1. The largest absolute Gasteiger partial charge is 0.481 e. The van der Waals surface area contributed by atoms with Crippen LogP contribution in [0.15, 0.2) is 10.7 Å². The summed E-state index contributed by atoms with van der Waals surface area (Å²) in [6, 6.07) is 0. The van der Waals surface area contributed by atoms with E-state index in [1.54, 1.807) is 0 Å². The van der Waals surface area contributed by atoms with E-state index in [1.165, 1.54) is 6.92 Å². The topological polar surface area (TPSA) is 63.3 Å². The lowest BCUT2D eigenvalue weighted by Gasteiger charge is -1.97. The van der Waals surface area contributed by atoms with Gasteiger partial charge in [0.15, 0.2) is 0 Å². The molecule has 0 spiro atoms. The van der Waals surface area contributed by atoms with Crippen LogP contribution in [0.5, 0.6) is 0 Å². The molecule has 1 aromatic heterocycles. The van der Waals surface area contributed by atoms with E-state index in [4.69, 9.17) is 9.52 Å². The van der Waals surface area contributed by atoms with Crippen LogP contribution in [-0.2, 0) is 11.5 Å². The summed E-state index contributed by atoms with van der Waals surface area (Å²) in [5, 5.41) is 8.52. The number of hydrogen-bond acceptors (Lipinski definition) is 3. The summed E-state index contributed by atoms with van der Waals surface area (Å²) in [4.78, 5) is 14.0. The zero-order chi connectivity index (χ0) is 9.14. The van der Waals surface area contributed by atoms with E-state index >= 15 is 0 Å². The minimum atomic E-state index is -1.04. The molecular weight excluding hydrogens is 165 g/mol. The molecule has 0 aliphatic carbocycles. The van der Waals surface area contributed by atoms with Gasteiger partial charge < -0.3 is 9.52 Å². The van der Waals surface area contributed by atoms with Gasteiger partial charge in [0, 0.05) is 0 Å². The Morgan fingerprint density at radius 1 is 1.92 bits per heavy atom. The lowest BCUT2D eigenvalue weighted by molar-refractivity contribution is -0.138. The van der Waals surface area contributed by atoms with Gasteiger partial charge in [-0.3, -0.25) is 4.79 Å². The number of hydrogen-bond donors (Lipinski definition) is 1. The maximum Gasteiger partial charge on any atom is 0.315 e. The van der Waals surface area contributed by atoms with Gasteiger partial charge in [-0.05, 0) is 6.92 Å². The quantitative estimate of drug-likeness (QED) is 0.748. The molecule has 1 rings (SSSR count). The molecule has 1 heterocycles. The highest BCUT2D eigenvalue weighted by Gasteiger charge is 2.19. The van der Waals surface area contributed by atoms with Gasteiger partial charge in [-0.15, -0.1) is 0 Å². The van der Waals surface area contributed by atoms with Crippen molar-refractivity contribution in [3.63, 3.8) is 0 Å². The highest BCUT2D eigenvalue weighted by atomic mass is 19.1. The first kappa shape index (κ1) is 8.70. The lowest BCUT2D eigenvalue weighted by atomic mass is 10.2. The van der Waals surface area contributed by atoms with E-state index in [9.17, 15) is 9.18 Å². The maximum atomic E-state index is 11.9. The number of nitrogens with zero attached hydrogens (tertiary/aromatic N) is 1. The van der Waals surface area contributed by atoms with Crippen molar-refractivity contribution in [2.45, 2.75) is 19.5 Å². The van der Waals surface area contributed by atoms with E-state index in [1.807, 2.05) is 0 Å². The molecule has 0 aliphatic heterocycles.